The Labute approximate surface area is 178 Å². The van der Waals surface area contributed by atoms with Crippen LogP contribution in [0.25, 0.3) is 5.65 Å². The highest BCUT2D eigenvalue weighted by molar-refractivity contribution is 5.94. The Morgan fingerprint density at radius 3 is 2.06 bits per heavy atom. The molecule has 4 rings (SSSR count). The van der Waals surface area contributed by atoms with Crippen molar-refractivity contribution in [3.63, 3.8) is 0 Å². The van der Waals surface area contributed by atoms with Crippen LogP contribution >= 0.6 is 0 Å². The Kier molecular flexibility index (Phi) is 5.89. The number of nitrogens with zero attached hydrogens (tertiary/aromatic N) is 3. The van der Waals surface area contributed by atoms with Crippen LogP contribution in [0, 0.1) is 0 Å². The monoisotopic (exact) mass is 415 g/mol. The lowest BCUT2D eigenvalue weighted by atomic mass is 10.2. The minimum atomic E-state index is -0.484. The predicted molar refractivity (Wildman–Crippen MR) is 115 cm³/mol. The molecule has 2 aromatic heterocycles. The molecule has 2 aromatic carbocycles. The molecule has 0 atom stereocenters. The summed E-state index contributed by atoms with van der Waals surface area (Å²) in [5.41, 5.74) is 2.15. The quantitative estimate of drug-likeness (QED) is 0.480. The van der Waals surface area contributed by atoms with E-state index in [2.05, 4.69) is 15.7 Å². The number of hydrogen-bond acceptors (Lipinski definition) is 4. The molecule has 0 saturated heterocycles. The van der Waals surface area contributed by atoms with Crippen molar-refractivity contribution in [3.8, 4) is 0 Å². The second-order valence-corrected chi connectivity index (χ2v) is 7.02. The standard InChI is InChI=1S/C23H21N5O3/c29-21(24-13-17-7-3-1-4-8-17)16-28-23(31)27-15-19(11-12-20(27)26-28)22(30)25-14-18-9-5-2-6-10-18/h1-12,15H,13-14,16H2,(H,24,29)(H,25,30). The number of pyridine rings is 1. The SMILES string of the molecule is O=C(Cn1nc2ccc(C(=O)NCc3ccccc3)cn2c1=O)NCc1ccccc1. The van der Waals surface area contributed by atoms with Crippen LogP contribution in [-0.4, -0.2) is 26.0 Å². The fourth-order valence-electron chi connectivity index (χ4n) is 3.12. The van der Waals surface area contributed by atoms with E-state index in [0.717, 1.165) is 15.8 Å². The fourth-order valence-corrected chi connectivity index (χ4v) is 3.12. The molecule has 0 bridgehead atoms. The Balaban J connectivity index is 1.43. The third kappa shape index (κ3) is 4.87. The topological polar surface area (TPSA) is 97.5 Å². The van der Waals surface area contributed by atoms with Gasteiger partial charge in [-0.05, 0) is 23.3 Å². The second-order valence-electron chi connectivity index (χ2n) is 7.02. The molecular weight excluding hydrogens is 394 g/mol. The lowest BCUT2D eigenvalue weighted by Crippen LogP contribution is -2.32. The van der Waals surface area contributed by atoms with Crippen molar-refractivity contribution in [3.05, 3.63) is 106 Å². The molecule has 0 fully saturated rings. The van der Waals surface area contributed by atoms with Gasteiger partial charge < -0.3 is 10.6 Å². The predicted octanol–water partition coefficient (Wildman–Crippen LogP) is 1.74. The number of nitrogens with one attached hydrogen (secondary N) is 2. The number of carbonyl (C=O) groups excluding carboxylic acids is 2. The van der Waals surface area contributed by atoms with Crippen LogP contribution in [0.4, 0.5) is 0 Å². The van der Waals surface area contributed by atoms with Crippen LogP contribution in [0.15, 0.2) is 83.8 Å². The maximum atomic E-state index is 12.6. The summed E-state index contributed by atoms with van der Waals surface area (Å²) in [6.07, 6.45) is 1.43. The fraction of sp³-hybridized carbons (Fsp3) is 0.130. The van der Waals surface area contributed by atoms with Gasteiger partial charge in [0.05, 0.1) is 5.56 Å². The smallest absolute Gasteiger partial charge is 0.350 e. The number of amides is 2. The molecule has 4 aromatic rings. The lowest BCUT2D eigenvalue weighted by Gasteiger charge is -2.05. The van der Waals surface area contributed by atoms with Gasteiger partial charge in [-0.2, -0.15) is 0 Å². The summed E-state index contributed by atoms with van der Waals surface area (Å²) in [7, 11) is 0. The molecule has 0 aliphatic heterocycles. The van der Waals surface area contributed by atoms with Crippen LogP contribution in [0.2, 0.25) is 0 Å². The highest BCUT2D eigenvalue weighted by atomic mass is 16.2. The van der Waals surface area contributed by atoms with Gasteiger partial charge in [-0.1, -0.05) is 60.7 Å². The second kappa shape index (κ2) is 9.08. The highest BCUT2D eigenvalue weighted by Gasteiger charge is 2.13. The Hall–Kier alpha value is -4.20. The first-order valence-corrected chi connectivity index (χ1v) is 9.82. The highest BCUT2D eigenvalue weighted by Crippen LogP contribution is 2.04. The van der Waals surface area contributed by atoms with Gasteiger partial charge in [0.2, 0.25) is 5.91 Å². The number of fused-ring (bicyclic) bond motifs is 1. The molecule has 2 N–H and O–H groups in total. The third-order valence-corrected chi connectivity index (χ3v) is 4.76. The minimum Gasteiger partial charge on any atom is -0.350 e. The van der Waals surface area contributed by atoms with E-state index in [1.165, 1.54) is 10.6 Å². The zero-order valence-electron chi connectivity index (χ0n) is 16.7. The van der Waals surface area contributed by atoms with E-state index < -0.39 is 5.69 Å². The maximum Gasteiger partial charge on any atom is 0.350 e. The van der Waals surface area contributed by atoms with Crippen molar-refractivity contribution in [2.45, 2.75) is 19.6 Å². The molecule has 31 heavy (non-hydrogen) atoms. The van der Waals surface area contributed by atoms with E-state index in [1.807, 2.05) is 60.7 Å². The zero-order valence-corrected chi connectivity index (χ0v) is 16.7. The summed E-state index contributed by atoms with van der Waals surface area (Å²) in [5, 5.41) is 9.77. The van der Waals surface area contributed by atoms with Crippen LogP contribution in [0.3, 0.4) is 0 Å². The van der Waals surface area contributed by atoms with Gasteiger partial charge in [-0.25, -0.2) is 13.9 Å². The van der Waals surface area contributed by atoms with Crippen molar-refractivity contribution < 1.29 is 9.59 Å². The molecule has 0 unspecified atom stereocenters. The molecule has 0 aliphatic carbocycles. The third-order valence-electron chi connectivity index (χ3n) is 4.76. The number of hydrogen-bond donors (Lipinski definition) is 2. The van der Waals surface area contributed by atoms with E-state index in [0.29, 0.717) is 24.3 Å². The Bertz CT molecular complexity index is 1260. The minimum absolute atomic E-state index is 0.205. The molecule has 2 heterocycles. The Morgan fingerprint density at radius 1 is 0.806 bits per heavy atom. The van der Waals surface area contributed by atoms with Gasteiger partial charge in [0, 0.05) is 19.3 Å². The summed E-state index contributed by atoms with van der Waals surface area (Å²) in [6.45, 7) is 0.546. The summed E-state index contributed by atoms with van der Waals surface area (Å²) in [6, 6.07) is 22.2. The Morgan fingerprint density at radius 2 is 1.42 bits per heavy atom. The van der Waals surface area contributed by atoms with Gasteiger partial charge in [-0.15, -0.1) is 5.10 Å². The zero-order chi connectivity index (χ0) is 21.6. The number of benzene rings is 2. The van der Waals surface area contributed by atoms with Gasteiger partial charge >= 0.3 is 5.69 Å². The maximum absolute atomic E-state index is 12.6. The number of rotatable bonds is 7. The molecule has 156 valence electrons. The van der Waals surface area contributed by atoms with Crippen molar-refractivity contribution in [1.29, 1.82) is 0 Å². The molecule has 8 nitrogen and oxygen atoms in total. The van der Waals surface area contributed by atoms with E-state index >= 15 is 0 Å². The van der Waals surface area contributed by atoms with Crippen LogP contribution < -0.4 is 16.3 Å². The summed E-state index contributed by atoms with van der Waals surface area (Å²) >= 11 is 0. The number of aromatic nitrogens is 3. The average molecular weight is 415 g/mol. The molecule has 0 spiro atoms. The molecule has 0 aliphatic rings. The first kappa shape index (κ1) is 20.1. The number of carbonyl (C=O) groups is 2. The summed E-state index contributed by atoms with van der Waals surface area (Å²) < 4.78 is 2.35. The van der Waals surface area contributed by atoms with Crippen LogP contribution in [0.1, 0.15) is 21.5 Å². The van der Waals surface area contributed by atoms with Gasteiger partial charge in [0.1, 0.15) is 6.54 Å². The van der Waals surface area contributed by atoms with E-state index in [4.69, 9.17) is 0 Å². The molecule has 8 heteroatoms. The van der Waals surface area contributed by atoms with Gasteiger partial charge in [0.15, 0.2) is 5.65 Å². The van der Waals surface area contributed by atoms with Gasteiger partial charge in [0.25, 0.3) is 5.91 Å². The summed E-state index contributed by atoms with van der Waals surface area (Å²) in [4.78, 5) is 37.3. The first-order valence-electron chi connectivity index (χ1n) is 9.82. The van der Waals surface area contributed by atoms with Crippen molar-refractivity contribution in [2.75, 3.05) is 0 Å². The average Bonchev–Trinajstić information content (AvgIpc) is 3.12. The molecule has 0 saturated carbocycles. The van der Waals surface area contributed by atoms with E-state index in [1.54, 1.807) is 12.1 Å². The summed E-state index contributed by atoms with van der Waals surface area (Å²) in [5.74, 6) is -0.624. The first-order chi connectivity index (χ1) is 15.1. The van der Waals surface area contributed by atoms with Crippen molar-refractivity contribution in [2.24, 2.45) is 0 Å². The molecule has 2 amide bonds. The van der Waals surface area contributed by atoms with Gasteiger partial charge in [-0.3, -0.25) is 9.59 Å². The normalized spacial score (nSPS) is 10.7. The van der Waals surface area contributed by atoms with E-state index in [-0.39, 0.29) is 18.4 Å². The lowest BCUT2D eigenvalue weighted by molar-refractivity contribution is -0.122. The molecule has 0 radical (unpaired) electrons. The van der Waals surface area contributed by atoms with Crippen molar-refractivity contribution in [1.82, 2.24) is 24.8 Å². The molecular formula is C23H21N5O3. The van der Waals surface area contributed by atoms with Crippen molar-refractivity contribution >= 4 is 17.5 Å². The van der Waals surface area contributed by atoms with Crippen LogP contribution in [0.5, 0.6) is 0 Å². The van der Waals surface area contributed by atoms with Crippen LogP contribution in [-0.2, 0) is 24.4 Å². The van der Waals surface area contributed by atoms with E-state index in [9.17, 15) is 14.4 Å². The largest absolute Gasteiger partial charge is 0.350 e.